The van der Waals surface area contributed by atoms with Crippen molar-refractivity contribution in [3.8, 4) is 5.69 Å². The molecule has 0 unspecified atom stereocenters. The SMILES string of the molecule is Cc1ccc(Br)cc1-n1c(C)c(CC(=O)O)c(C)nc1=O. The van der Waals surface area contributed by atoms with Crippen LogP contribution in [0.3, 0.4) is 0 Å². The standard InChI is InChI=1S/C15H15BrN2O3/c1-8-4-5-11(16)6-13(8)18-10(3)12(7-14(19)20)9(2)17-15(18)21/h4-6H,7H2,1-3H3,(H,19,20). The first-order chi connectivity index (χ1) is 9.81. The zero-order valence-corrected chi connectivity index (χ0v) is 13.6. The first-order valence-corrected chi connectivity index (χ1v) is 7.18. The molecule has 0 aliphatic heterocycles. The first-order valence-electron chi connectivity index (χ1n) is 6.38. The summed E-state index contributed by atoms with van der Waals surface area (Å²) in [4.78, 5) is 27.2. The number of benzene rings is 1. The van der Waals surface area contributed by atoms with Crippen molar-refractivity contribution in [1.82, 2.24) is 9.55 Å². The minimum absolute atomic E-state index is 0.155. The summed E-state index contributed by atoms with van der Waals surface area (Å²) in [6.07, 6.45) is -0.155. The molecule has 0 fully saturated rings. The highest BCUT2D eigenvalue weighted by atomic mass is 79.9. The normalized spacial score (nSPS) is 10.7. The van der Waals surface area contributed by atoms with Gasteiger partial charge < -0.3 is 5.11 Å². The summed E-state index contributed by atoms with van der Waals surface area (Å²) in [5.41, 5.74) is 2.85. The lowest BCUT2D eigenvalue weighted by Gasteiger charge is -2.16. The lowest BCUT2D eigenvalue weighted by molar-refractivity contribution is -0.136. The summed E-state index contributed by atoms with van der Waals surface area (Å²) in [7, 11) is 0. The van der Waals surface area contributed by atoms with Gasteiger partial charge in [-0.1, -0.05) is 22.0 Å². The van der Waals surface area contributed by atoms with Crippen LogP contribution in [0.25, 0.3) is 5.69 Å². The molecule has 0 aliphatic carbocycles. The molecule has 0 amide bonds. The van der Waals surface area contributed by atoms with E-state index >= 15 is 0 Å². The second-order valence-corrected chi connectivity index (χ2v) is 5.80. The third-order valence-corrected chi connectivity index (χ3v) is 3.90. The van der Waals surface area contributed by atoms with Crippen LogP contribution >= 0.6 is 15.9 Å². The number of aliphatic carboxylic acids is 1. The Hall–Kier alpha value is -1.95. The second kappa shape index (κ2) is 5.81. The van der Waals surface area contributed by atoms with E-state index in [4.69, 9.17) is 5.11 Å². The molecule has 0 spiro atoms. The highest BCUT2D eigenvalue weighted by Gasteiger charge is 2.16. The summed E-state index contributed by atoms with van der Waals surface area (Å²) in [5, 5.41) is 9.02. The molecule has 6 heteroatoms. The number of aryl methyl sites for hydroxylation is 2. The molecular weight excluding hydrogens is 336 g/mol. The average molecular weight is 351 g/mol. The zero-order valence-electron chi connectivity index (χ0n) is 12.0. The zero-order chi connectivity index (χ0) is 15.7. The number of nitrogens with zero attached hydrogens (tertiary/aromatic N) is 2. The van der Waals surface area contributed by atoms with Gasteiger partial charge in [0.05, 0.1) is 12.1 Å². The lowest BCUT2D eigenvalue weighted by Crippen LogP contribution is -2.27. The van der Waals surface area contributed by atoms with Gasteiger partial charge >= 0.3 is 11.7 Å². The van der Waals surface area contributed by atoms with Crippen molar-refractivity contribution in [1.29, 1.82) is 0 Å². The predicted octanol–water partition coefficient (Wildman–Crippen LogP) is 2.55. The Kier molecular flexibility index (Phi) is 4.27. The molecule has 0 radical (unpaired) electrons. The molecule has 1 aromatic carbocycles. The molecule has 0 bridgehead atoms. The number of aromatic nitrogens is 2. The largest absolute Gasteiger partial charge is 0.481 e. The Bertz CT molecular complexity index is 781. The average Bonchev–Trinajstić information content (AvgIpc) is 2.38. The van der Waals surface area contributed by atoms with Gasteiger partial charge in [-0.3, -0.25) is 9.36 Å². The Labute approximate surface area is 130 Å². The van der Waals surface area contributed by atoms with Crippen LogP contribution in [0.2, 0.25) is 0 Å². The summed E-state index contributed by atoms with van der Waals surface area (Å²) in [6.45, 7) is 5.30. The monoisotopic (exact) mass is 350 g/mol. The maximum atomic E-state index is 12.3. The molecule has 1 heterocycles. The van der Waals surface area contributed by atoms with Crippen molar-refractivity contribution in [3.05, 3.63) is 55.7 Å². The minimum atomic E-state index is -0.945. The topological polar surface area (TPSA) is 72.2 Å². The number of carboxylic acid groups (broad SMARTS) is 1. The summed E-state index contributed by atoms with van der Waals surface area (Å²) in [6, 6.07) is 5.60. The molecule has 0 aliphatic rings. The van der Waals surface area contributed by atoms with E-state index in [-0.39, 0.29) is 6.42 Å². The fraction of sp³-hybridized carbons (Fsp3) is 0.267. The number of rotatable bonds is 3. The number of carboxylic acids is 1. The van der Waals surface area contributed by atoms with Gasteiger partial charge in [0, 0.05) is 21.4 Å². The van der Waals surface area contributed by atoms with Gasteiger partial charge in [-0.15, -0.1) is 0 Å². The maximum Gasteiger partial charge on any atom is 0.352 e. The summed E-state index contributed by atoms with van der Waals surface area (Å²) >= 11 is 3.39. The smallest absolute Gasteiger partial charge is 0.352 e. The third-order valence-electron chi connectivity index (χ3n) is 3.40. The molecule has 1 N–H and O–H groups in total. The van der Waals surface area contributed by atoms with Crippen molar-refractivity contribution in [2.75, 3.05) is 0 Å². The molecular formula is C15H15BrN2O3. The molecule has 1 aromatic heterocycles. The van der Waals surface area contributed by atoms with E-state index in [0.29, 0.717) is 22.6 Å². The molecule has 0 atom stereocenters. The molecule has 2 aromatic rings. The van der Waals surface area contributed by atoms with Crippen LogP contribution < -0.4 is 5.69 Å². The van der Waals surface area contributed by atoms with E-state index in [1.54, 1.807) is 13.8 Å². The van der Waals surface area contributed by atoms with Gasteiger partial charge in [-0.2, -0.15) is 4.98 Å². The number of hydrogen-bond acceptors (Lipinski definition) is 3. The number of carbonyl (C=O) groups is 1. The number of hydrogen-bond donors (Lipinski definition) is 1. The minimum Gasteiger partial charge on any atom is -0.481 e. The first kappa shape index (κ1) is 15.4. The molecule has 0 saturated heterocycles. The van der Waals surface area contributed by atoms with Crippen LogP contribution in [0.15, 0.2) is 27.5 Å². The summed E-state index contributed by atoms with van der Waals surface area (Å²) in [5.74, 6) is -0.945. The molecule has 110 valence electrons. The molecule has 21 heavy (non-hydrogen) atoms. The van der Waals surface area contributed by atoms with E-state index in [0.717, 1.165) is 10.0 Å². The van der Waals surface area contributed by atoms with Crippen molar-refractivity contribution in [3.63, 3.8) is 0 Å². The van der Waals surface area contributed by atoms with Gasteiger partial charge in [0.2, 0.25) is 0 Å². The van der Waals surface area contributed by atoms with Gasteiger partial charge in [-0.05, 0) is 38.5 Å². The fourth-order valence-corrected chi connectivity index (χ4v) is 2.66. The van der Waals surface area contributed by atoms with Crippen LogP contribution in [-0.4, -0.2) is 20.6 Å². The second-order valence-electron chi connectivity index (χ2n) is 4.88. The fourth-order valence-electron chi connectivity index (χ4n) is 2.32. The van der Waals surface area contributed by atoms with Gasteiger partial charge in [0.1, 0.15) is 0 Å². The van der Waals surface area contributed by atoms with Crippen molar-refractivity contribution >= 4 is 21.9 Å². The molecule has 5 nitrogen and oxygen atoms in total. The summed E-state index contributed by atoms with van der Waals surface area (Å²) < 4.78 is 2.31. The maximum absolute atomic E-state index is 12.3. The van der Waals surface area contributed by atoms with E-state index < -0.39 is 11.7 Å². The van der Waals surface area contributed by atoms with Crippen LogP contribution in [0.5, 0.6) is 0 Å². The van der Waals surface area contributed by atoms with E-state index in [2.05, 4.69) is 20.9 Å². The highest BCUT2D eigenvalue weighted by Crippen LogP contribution is 2.21. The molecule has 0 saturated carbocycles. The van der Waals surface area contributed by atoms with Gasteiger partial charge in [0.15, 0.2) is 0 Å². The van der Waals surface area contributed by atoms with Crippen LogP contribution in [0.1, 0.15) is 22.5 Å². The van der Waals surface area contributed by atoms with E-state index in [1.165, 1.54) is 4.57 Å². The predicted molar refractivity (Wildman–Crippen MR) is 83.1 cm³/mol. The Morgan fingerprint density at radius 1 is 1.33 bits per heavy atom. The van der Waals surface area contributed by atoms with Crippen molar-refractivity contribution < 1.29 is 9.90 Å². The van der Waals surface area contributed by atoms with E-state index in [1.807, 2.05) is 25.1 Å². The van der Waals surface area contributed by atoms with Crippen LogP contribution in [0.4, 0.5) is 0 Å². The van der Waals surface area contributed by atoms with E-state index in [9.17, 15) is 9.59 Å². The van der Waals surface area contributed by atoms with Gasteiger partial charge in [-0.25, -0.2) is 4.79 Å². The molecule has 2 rings (SSSR count). The van der Waals surface area contributed by atoms with Gasteiger partial charge in [0.25, 0.3) is 0 Å². The Morgan fingerprint density at radius 3 is 2.62 bits per heavy atom. The highest BCUT2D eigenvalue weighted by molar-refractivity contribution is 9.10. The number of halogens is 1. The Morgan fingerprint density at radius 2 is 2.00 bits per heavy atom. The van der Waals surface area contributed by atoms with Crippen molar-refractivity contribution in [2.45, 2.75) is 27.2 Å². The lowest BCUT2D eigenvalue weighted by atomic mass is 10.1. The third kappa shape index (κ3) is 3.05. The van der Waals surface area contributed by atoms with Crippen molar-refractivity contribution in [2.24, 2.45) is 0 Å². The Balaban J connectivity index is 2.77. The van der Waals surface area contributed by atoms with Crippen LogP contribution in [0, 0.1) is 20.8 Å². The quantitative estimate of drug-likeness (QED) is 0.923. The van der Waals surface area contributed by atoms with Crippen LogP contribution in [-0.2, 0) is 11.2 Å².